The highest BCUT2D eigenvalue weighted by Crippen LogP contribution is 2.29. The van der Waals surface area contributed by atoms with E-state index in [1.165, 1.54) is 4.90 Å². The molecule has 2 rings (SSSR count). The maximum absolute atomic E-state index is 12.1. The number of thioether (sulfide) groups is 1. The Morgan fingerprint density at radius 2 is 2.18 bits per heavy atom. The van der Waals surface area contributed by atoms with Crippen molar-refractivity contribution in [1.82, 2.24) is 0 Å². The summed E-state index contributed by atoms with van der Waals surface area (Å²) in [5, 5.41) is -0.201. The molecule has 17 heavy (non-hydrogen) atoms. The van der Waals surface area contributed by atoms with Crippen molar-refractivity contribution in [3.05, 3.63) is 29.8 Å². The van der Waals surface area contributed by atoms with E-state index >= 15 is 0 Å². The summed E-state index contributed by atoms with van der Waals surface area (Å²) in [5.41, 5.74) is 1.74. The number of hydrogen-bond acceptors (Lipinski definition) is 3. The summed E-state index contributed by atoms with van der Waals surface area (Å²) in [6.45, 7) is 3.95. The van der Waals surface area contributed by atoms with E-state index < -0.39 is 0 Å². The van der Waals surface area contributed by atoms with Gasteiger partial charge in [-0.3, -0.25) is 9.59 Å². The van der Waals surface area contributed by atoms with Crippen LogP contribution in [0.15, 0.2) is 24.3 Å². The molecule has 0 aromatic heterocycles. The molecule has 0 N–H and O–H groups in total. The lowest BCUT2D eigenvalue weighted by Gasteiger charge is -2.15. The van der Waals surface area contributed by atoms with Gasteiger partial charge in [0.05, 0.1) is 10.9 Å². The van der Waals surface area contributed by atoms with Crippen molar-refractivity contribution in [1.29, 1.82) is 0 Å². The summed E-state index contributed by atoms with van der Waals surface area (Å²) in [4.78, 5) is 25.3. The molecule has 1 aromatic carbocycles. The highest BCUT2D eigenvalue weighted by atomic mass is 32.2. The second kappa shape index (κ2) is 4.92. The number of carbonyl (C=O) groups excluding carboxylic acids is 2. The Balaban J connectivity index is 2.27. The van der Waals surface area contributed by atoms with Crippen LogP contribution in [-0.2, 0) is 9.59 Å². The molecule has 1 aliphatic rings. The zero-order valence-electron chi connectivity index (χ0n) is 9.97. The number of amides is 2. The summed E-state index contributed by atoms with van der Waals surface area (Å²) >= 11 is 1.54. The number of anilines is 1. The average molecular weight is 249 g/mol. The van der Waals surface area contributed by atoms with Crippen LogP contribution in [0.5, 0.6) is 0 Å². The summed E-state index contributed by atoms with van der Waals surface area (Å²) in [5.74, 6) is 0.685. The van der Waals surface area contributed by atoms with Crippen LogP contribution in [-0.4, -0.2) is 22.8 Å². The maximum atomic E-state index is 12.1. The van der Waals surface area contributed by atoms with E-state index in [0.717, 1.165) is 11.3 Å². The molecular formula is C13H15NO2S. The van der Waals surface area contributed by atoms with Crippen LogP contribution in [0, 0.1) is 6.92 Å². The number of nitrogens with zero attached hydrogens (tertiary/aromatic N) is 1. The van der Waals surface area contributed by atoms with Crippen molar-refractivity contribution in [2.24, 2.45) is 0 Å². The van der Waals surface area contributed by atoms with Gasteiger partial charge in [-0.2, -0.15) is 0 Å². The lowest BCUT2D eigenvalue weighted by Crippen LogP contribution is -2.31. The van der Waals surface area contributed by atoms with Gasteiger partial charge in [0.15, 0.2) is 0 Å². The Kier molecular flexibility index (Phi) is 3.52. The second-order valence-electron chi connectivity index (χ2n) is 4.05. The van der Waals surface area contributed by atoms with Crippen molar-refractivity contribution in [3.8, 4) is 0 Å². The van der Waals surface area contributed by atoms with Gasteiger partial charge in [0.25, 0.3) is 0 Å². The SMILES string of the molecule is CCS[C@@H]1CC(=O)N(c2cccc(C)c2)C1=O. The molecule has 1 aliphatic heterocycles. The van der Waals surface area contributed by atoms with Crippen LogP contribution >= 0.6 is 11.8 Å². The Morgan fingerprint density at radius 3 is 2.82 bits per heavy atom. The van der Waals surface area contributed by atoms with Gasteiger partial charge in [0, 0.05) is 6.42 Å². The van der Waals surface area contributed by atoms with E-state index in [9.17, 15) is 9.59 Å². The molecule has 2 amide bonds. The standard InChI is InChI=1S/C13H15NO2S/c1-3-17-11-8-12(15)14(13(11)16)10-6-4-5-9(2)7-10/h4-7,11H,3,8H2,1-2H3/t11-/m1/s1. The highest BCUT2D eigenvalue weighted by Gasteiger charge is 2.39. The molecule has 0 unspecified atom stereocenters. The molecule has 90 valence electrons. The molecular weight excluding hydrogens is 234 g/mol. The summed E-state index contributed by atoms with van der Waals surface area (Å²) in [7, 11) is 0. The number of carbonyl (C=O) groups is 2. The fraction of sp³-hybridized carbons (Fsp3) is 0.385. The highest BCUT2D eigenvalue weighted by molar-refractivity contribution is 8.00. The number of rotatable bonds is 3. The normalized spacial score (nSPS) is 20.1. The maximum Gasteiger partial charge on any atom is 0.247 e. The van der Waals surface area contributed by atoms with Crippen LogP contribution in [0.4, 0.5) is 5.69 Å². The number of imide groups is 1. The van der Waals surface area contributed by atoms with Gasteiger partial charge in [0.2, 0.25) is 11.8 Å². The number of benzene rings is 1. The van der Waals surface area contributed by atoms with Gasteiger partial charge < -0.3 is 0 Å². The molecule has 1 aromatic rings. The van der Waals surface area contributed by atoms with Crippen LogP contribution in [0.3, 0.4) is 0 Å². The minimum absolute atomic E-state index is 0.0764. The lowest BCUT2D eigenvalue weighted by atomic mass is 10.2. The minimum Gasteiger partial charge on any atom is -0.274 e. The van der Waals surface area contributed by atoms with E-state index in [1.54, 1.807) is 11.8 Å². The van der Waals surface area contributed by atoms with Gasteiger partial charge in [-0.1, -0.05) is 19.1 Å². The Hall–Kier alpha value is -1.29. The Morgan fingerprint density at radius 1 is 1.41 bits per heavy atom. The van der Waals surface area contributed by atoms with Gasteiger partial charge >= 0.3 is 0 Å². The van der Waals surface area contributed by atoms with Gasteiger partial charge in [-0.05, 0) is 30.4 Å². The van der Waals surface area contributed by atoms with E-state index in [0.29, 0.717) is 12.1 Å². The third kappa shape index (κ3) is 2.36. The van der Waals surface area contributed by atoms with Crippen molar-refractivity contribution < 1.29 is 9.59 Å². The third-order valence-electron chi connectivity index (χ3n) is 2.73. The predicted molar refractivity (Wildman–Crippen MR) is 70.2 cm³/mol. The Bertz CT molecular complexity index is 458. The van der Waals surface area contributed by atoms with E-state index in [4.69, 9.17) is 0 Å². The first-order valence-electron chi connectivity index (χ1n) is 5.68. The topological polar surface area (TPSA) is 37.4 Å². The van der Waals surface area contributed by atoms with Gasteiger partial charge in [-0.15, -0.1) is 11.8 Å². The fourth-order valence-electron chi connectivity index (χ4n) is 1.97. The zero-order chi connectivity index (χ0) is 12.4. The first-order chi connectivity index (χ1) is 8.13. The minimum atomic E-state index is -0.201. The first kappa shape index (κ1) is 12.2. The summed E-state index contributed by atoms with van der Waals surface area (Å²) in [6.07, 6.45) is 0.325. The van der Waals surface area contributed by atoms with Crippen LogP contribution < -0.4 is 4.90 Å². The zero-order valence-corrected chi connectivity index (χ0v) is 10.8. The summed E-state index contributed by atoms with van der Waals surface area (Å²) in [6, 6.07) is 7.49. The monoisotopic (exact) mass is 249 g/mol. The molecule has 0 spiro atoms. The predicted octanol–water partition coefficient (Wildman–Crippen LogP) is 2.38. The number of hydrogen-bond donors (Lipinski definition) is 0. The molecule has 4 heteroatoms. The smallest absolute Gasteiger partial charge is 0.247 e. The van der Waals surface area contributed by atoms with Crippen LogP contribution in [0.1, 0.15) is 18.9 Å². The van der Waals surface area contributed by atoms with Crippen molar-refractivity contribution in [2.75, 3.05) is 10.7 Å². The molecule has 1 heterocycles. The molecule has 3 nitrogen and oxygen atoms in total. The Labute approximate surface area is 105 Å². The fourth-order valence-corrected chi connectivity index (χ4v) is 2.88. The van der Waals surface area contributed by atoms with Crippen molar-refractivity contribution in [2.45, 2.75) is 25.5 Å². The molecule has 1 saturated heterocycles. The van der Waals surface area contributed by atoms with E-state index in [2.05, 4.69) is 0 Å². The molecule has 0 saturated carbocycles. The average Bonchev–Trinajstić information content (AvgIpc) is 2.55. The first-order valence-corrected chi connectivity index (χ1v) is 6.73. The van der Waals surface area contributed by atoms with Crippen LogP contribution in [0.25, 0.3) is 0 Å². The third-order valence-corrected chi connectivity index (χ3v) is 3.84. The second-order valence-corrected chi connectivity index (χ2v) is 5.53. The van der Waals surface area contributed by atoms with E-state index in [-0.39, 0.29) is 17.1 Å². The number of aryl methyl sites for hydroxylation is 1. The van der Waals surface area contributed by atoms with Gasteiger partial charge in [-0.25, -0.2) is 4.90 Å². The van der Waals surface area contributed by atoms with E-state index in [1.807, 2.05) is 38.1 Å². The molecule has 1 fully saturated rings. The molecule has 0 aliphatic carbocycles. The lowest BCUT2D eigenvalue weighted by molar-refractivity contribution is -0.121. The van der Waals surface area contributed by atoms with Crippen molar-refractivity contribution >= 4 is 29.3 Å². The molecule has 0 radical (unpaired) electrons. The van der Waals surface area contributed by atoms with Gasteiger partial charge in [0.1, 0.15) is 0 Å². The summed E-state index contributed by atoms with van der Waals surface area (Å²) < 4.78 is 0. The van der Waals surface area contributed by atoms with Crippen molar-refractivity contribution in [3.63, 3.8) is 0 Å². The molecule has 1 atom stereocenters. The van der Waals surface area contributed by atoms with Crippen LogP contribution in [0.2, 0.25) is 0 Å². The quantitative estimate of drug-likeness (QED) is 0.772. The molecule has 0 bridgehead atoms. The largest absolute Gasteiger partial charge is 0.274 e.